The van der Waals surface area contributed by atoms with Gasteiger partial charge in [-0.1, -0.05) is 48.0 Å². The van der Waals surface area contributed by atoms with E-state index < -0.39 is 7.12 Å². The first-order valence-electron chi connectivity index (χ1n) is 5.22. The van der Waals surface area contributed by atoms with Crippen LogP contribution in [0.4, 0.5) is 0 Å². The molecule has 0 heterocycles. The van der Waals surface area contributed by atoms with Crippen molar-refractivity contribution in [3.63, 3.8) is 0 Å². The zero-order valence-electron chi connectivity index (χ0n) is 9.13. The summed E-state index contributed by atoms with van der Waals surface area (Å²) < 4.78 is 5.41. The van der Waals surface area contributed by atoms with Crippen LogP contribution in [-0.2, 0) is 0 Å². The quantitative estimate of drug-likeness (QED) is 0.785. The molecule has 16 heavy (non-hydrogen) atoms. The molecule has 3 heteroatoms. The second-order valence-corrected chi connectivity index (χ2v) is 3.69. The fraction of sp³-hybridized carbons (Fsp3) is 0.0769. The molecule has 0 unspecified atom stereocenters. The molecule has 0 saturated carbocycles. The first-order valence-corrected chi connectivity index (χ1v) is 5.22. The van der Waals surface area contributed by atoms with E-state index in [0.29, 0.717) is 5.75 Å². The van der Waals surface area contributed by atoms with Crippen LogP contribution in [0.25, 0.3) is 0 Å². The van der Waals surface area contributed by atoms with E-state index in [1.54, 1.807) is 0 Å². The van der Waals surface area contributed by atoms with Crippen molar-refractivity contribution in [1.29, 1.82) is 0 Å². The molecule has 0 spiro atoms. The van der Waals surface area contributed by atoms with Crippen molar-refractivity contribution < 1.29 is 9.68 Å². The summed E-state index contributed by atoms with van der Waals surface area (Å²) >= 11 is 0. The SMILES string of the molecule is Cc1ccc(OB(O)c2ccccc2)cc1. The Kier molecular flexibility index (Phi) is 3.27. The Labute approximate surface area is 95.7 Å². The van der Waals surface area contributed by atoms with Crippen LogP contribution in [0.3, 0.4) is 0 Å². The minimum absolute atomic E-state index is 0.668. The van der Waals surface area contributed by atoms with Gasteiger partial charge in [0.1, 0.15) is 5.75 Å². The van der Waals surface area contributed by atoms with Gasteiger partial charge in [0, 0.05) is 0 Å². The van der Waals surface area contributed by atoms with Crippen molar-refractivity contribution in [1.82, 2.24) is 0 Å². The lowest BCUT2D eigenvalue weighted by Crippen LogP contribution is -2.36. The van der Waals surface area contributed by atoms with Crippen molar-refractivity contribution in [3.05, 3.63) is 60.2 Å². The van der Waals surface area contributed by atoms with E-state index in [9.17, 15) is 5.02 Å². The molecule has 0 aromatic heterocycles. The molecule has 0 atom stereocenters. The molecule has 0 aliphatic heterocycles. The number of benzene rings is 2. The van der Waals surface area contributed by atoms with Crippen LogP contribution < -0.4 is 10.1 Å². The maximum Gasteiger partial charge on any atom is 0.560 e. The highest BCUT2D eigenvalue weighted by Gasteiger charge is 2.17. The van der Waals surface area contributed by atoms with E-state index in [4.69, 9.17) is 4.65 Å². The maximum absolute atomic E-state index is 9.82. The maximum atomic E-state index is 9.82. The summed E-state index contributed by atoms with van der Waals surface area (Å²) in [6.07, 6.45) is 0. The first-order chi connectivity index (χ1) is 7.75. The minimum Gasteiger partial charge on any atom is -0.532 e. The van der Waals surface area contributed by atoms with Crippen LogP contribution in [0.5, 0.6) is 5.75 Å². The Morgan fingerprint density at radius 3 is 2.19 bits per heavy atom. The first kappa shape index (κ1) is 10.8. The van der Waals surface area contributed by atoms with Crippen molar-refractivity contribution >= 4 is 12.6 Å². The Morgan fingerprint density at radius 2 is 1.56 bits per heavy atom. The van der Waals surface area contributed by atoms with Crippen LogP contribution in [-0.4, -0.2) is 12.1 Å². The number of rotatable bonds is 3. The van der Waals surface area contributed by atoms with E-state index in [0.717, 1.165) is 5.46 Å². The van der Waals surface area contributed by atoms with Gasteiger partial charge >= 0.3 is 7.12 Å². The number of hydrogen-bond donors (Lipinski definition) is 1. The molecular weight excluding hydrogens is 199 g/mol. The standard InChI is InChI=1S/C13H13BO2/c1-11-7-9-13(10-8-11)16-14(15)12-5-3-2-4-6-12/h2-10,15H,1H3. The van der Waals surface area contributed by atoms with Gasteiger partial charge in [-0.25, -0.2) is 0 Å². The lowest BCUT2D eigenvalue weighted by atomic mass is 9.79. The van der Waals surface area contributed by atoms with Gasteiger partial charge in [-0.05, 0) is 24.5 Å². The summed E-state index contributed by atoms with van der Waals surface area (Å²) in [4.78, 5) is 0. The summed E-state index contributed by atoms with van der Waals surface area (Å²) in [6, 6.07) is 16.9. The lowest BCUT2D eigenvalue weighted by Gasteiger charge is -2.09. The Bertz CT molecular complexity index is 439. The zero-order chi connectivity index (χ0) is 11.4. The molecule has 0 fully saturated rings. The minimum atomic E-state index is -0.913. The Morgan fingerprint density at radius 1 is 0.938 bits per heavy atom. The van der Waals surface area contributed by atoms with Crippen LogP contribution in [0.15, 0.2) is 54.6 Å². The largest absolute Gasteiger partial charge is 0.560 e. The average Bonchev–Trinajstić information content (AvgIpc) is 2.33. The zero-order valence-corrected chi connectivity index (χ0v) is 9.13. The molecule has 80 valence electrons. The summed E-state index contributed by atoms with van der Waals surface area (Å²) in [5.41, 5.74) is 1.92. The van der Waals surface area contributed by atoms with Gasteiger partial charge in [0.15, 0.2) is 0 Å². The third-order valence-corrected chi connectivity index (χ3v) is 2.35. The normalized spacial score (nSPS) is 9.88. The molecule has 0 saturated heterocycles. The van der Waals surface area contributed by atoms with Crippen LogP contribution in [0.2, 0.25) is 0 Å². The monoisotopic (exact) mass is 212 g/mol. The summed E-state index contributed by atoms with van der Waals surface area (Å²) in [5, 5.41) is 9.82. The second kappa shape index (κ2) is 4.86. The second-order valence-electron chi connectivity index (χ2n) is 3.69. The third kappa shape index (κ3) is 2.64. The van der Waals surface area contributed by atoms with Crippen molar-refractivity contribution in [2.24, 2.45) is 0 Å². The van der Waals surface area contributed by atoms with E-state index in [1.165, 1.54) is 5.56 Å². The van der Waals surface area contributed by atoms with Gasteiger partial charge in [0.2, 0.25) is 0 Å². The molecule has 2 aromatic carbocycles. The van der Waals surface area contributed by atoms with Crippen molar-refractivity contribution in [3.8, 4) is 5.75 Å². The fourth-order valence-electron chi connectivity index (χ4n) is 1.43. The molecule has 2 nitrogen and oxygen atoms in total. The fourth-order valence-corrected chi connectivity index (χ4v) is 1.43. The topological polar surface area (TPSA) is 29.5 Å². The molecule has 0 aliphatic carbocycles. The molecular formula is C13H13BO2. The highest BCUT2D eigenvalue weighted by atomic mass is 16.5. The van der Waals surface area contributed by atoms with Crippen molar-refractivity contribution in [2.45, 2.75) is 6.92 Å². The van der Waals surface area contributed by atoms with E-state index >= 15 is 0 Å². The van der Waals surface area contributed by atoms with Crippen LogP contribution in [0.1, 0.15) is 5.56 Å². The number of hydrogen-bond acceptors (Lipinski definition) is 2. The van der Waals surface area contributed by atoms with Gasteiger partial charge < -0.3 is 9.68 Å². The van der Waals surface area contributed by atoms with Gasteiger partial charge in [0.05, 0.1) is 0 Å². The van der Waals surface area contributed by atoms with Crippen LogP contribution in [0, 0.1) is 6.92 Å². The molecule has 0 bridgehead atoms. The average molecular weight is 212 g/mol. The molecule has 2 aromatic rings. The third-order valence-electron chi connectivity index (χ3n) is 2.35. The van der Waals surface area contributed by atoms with Gasteiger partial charge in [0.25, 0.3) is 0 Å². The van der Waals surface area contributed by atoms with E-state index in [1.807, 2.05) is 61.5 Å². The van der Waals surface area contributed by atoms with Crippen LogP contribution >= 0.6 is 0 Å². The lowest BCUT2D eigenvalue weighted by molar-refractivity contribution is 0.432. The Balaban J connectivity index is 2.08. The van der Waals surface area contributed by atoms with Gasteiger partial charge in [-0.3, -0.25) is 0 Å². The van der Waals surface area contributed by atoms with E-state index in [2.05, 4.69) is 0 Å². The number of aryl methyl sites for hydroxylation is 1. The van der Waals surface area contributed by atoms with E-state index in [-0.39, 0.29) is 0 Å². The Hall–Kier alpha value is -1.74. The summed E-state index contributed by atoms with van der Waals surface area (Å²) in [6.45, 7) is 2.01. The molecule has 1 N–H and O–H groups in total. The smallest absolute Gasteiger partial charge is 0.532 e. The van der Waals surface area contributed by atoms with Gasteiger partial charge in [-0.2, -0.15) is 0 Å². The van der Waals surface area contributed by atoms with Crippen molar-refractivity contribution in [2.75, 3.05) is 0 Å². The molecule has 0 radical (unpaired) electrons. The molecule has 0 amide bonds. The highest BCUT2D eigenvalue weighted by molar-refractivity contribution is 6.60. The highest BCUT2D eigenvalue weighted by Crippen LogP contribution is 2.11. The summed E-state index contributed by atoms with van der Waals surface area (Å²) in [7, 11) is -0.913. The predicted molar refractivity (Wildman–Crippen MR) is 65.9 cm³/mol. The molecule has 0 aliphatic rings. The molecule has 2 rings (SSSR count). The van der Waals surface area contributed by atoms with Gasteiger partial charge in [-0.15, -0.1) is 0 Å². The predicted octanol–water partition coefficient (Wildman–Crippen LogP) is 1.76. The summed E-state index contributed by atoms with van der Waals surface area (Å²) in [5.74, 6) is 0.668.